The molecule has 1 rings (SSSR count). The number of hydrogen-bond donors (Lipinski definition) is 3. The van der Waals surface area contributed by atoms with Gasteiger partial charge in [0, 0.05) is 23.5 Å². The van der Waals surface area contributed by atoms with Crippen LogP contribution in [0.5, 0.6) is 0 Å². The fourth-order valence-electron chi connectivity index (χ4n) is 1.42. The Morgan fingerprint density at radius 2 is 2.25 bits per heavy atom. The molecule has 0 aliphatic carbocycles. The van der Waals surface area contributed by atoms with E-state index in [1.165, 1.54) is 6.92 Å². The summed E-state index contributed by atoms with van der Waals surface area (Å²) < 4.78 is 0. The lowest BCUT2D eigenvalue weighted by Gasteiger charge is -2.09. The molecule has 0 spiro atoms. The fraction of sp³-hybridized carbons (Fsp3) is 0.417. The van der Waals surface area contributed by atoms with Crippen LogP contribution in [0.2, 0.25) is 0 Å². The van der Waals surface area contributed by atoms with Crippen molar-refractivity contribution in [2.45, 2.75) is 26.4 Å². The maximum Gasteiger partial charge on any atom is 0.161 e. The number of benzene rings is 1. The predicted molar refractivity (Wildman–Crippen MR) is 65.6 cm³/mol. The fourth-order valence-corrected chi connectivity index (χ4v) is 1.42. The molecule has 1 unspecified atom stereocenters. The third-order valence-corrected chi connectivity index (χ3v) is 2.32. The van der Waals surface area contributed by atoms with Crippen molar-refractivity contribution in [2.75, 3.05) is 17.6 Å². The summed E-state index contributed by atoms with van der Waals surface area (Å²) in [5.41, 5.74) is 7.63. The van der Waals surface area contributed by atoms with Crippen LogP contribution < -0.4 is 11.1 Å². The Morgan fingerprint density at radius 1 is 1.56 bits per heavy atom. The summed E-state index contributed by atoms with van der Waals surface area (Å²) in [4.78, 5) is 11.1. The van der Waals surface area contributed by atoms with Crippen molar-refractivity contribution in [1.82, 2.24) is 0 Å². The zero-order valence-electron chi connectivity index (χ0n) is 9.66. The second kappa shape index (κ2) is 5.51. The number of hydrogen-bond acceptors (Lipinski definition) is 4. The van der Waals surface area contributed by atoms with Crippen LogP contribution >= 0.6 is 0 Å². The normalized spacial score (nSPS) is 12.2. The molecule has 88 valence electrons. The summed E-state index contributed by atoms with van der Waals surface area (Å²) in [7, 11) is 0. The first-order valence-corrected chi connectivity index (χ1v) is 5.33. The molecule has 1 aromatic rings. The Balaban J connectivity index is 2.63. The summed E-state index contributed by atoms with van der Waals surface area (Å²) in [6, 6.07) is 5.26. The molecule has 0 aliphatic rings. The predicted octanol–water partition coefficient (Wildman–Crippen LogP) is 1.65. The number of ketones is 1. The zero-order valence-corrected chi connectivity index (χ0v) is 9.66. The second-order valence-electron chi connectivity index (χ2n) is 3.92. The van der Waals surface area contributed by atoms with Gasteiger partial charge in [-0.1, -0.05) is 0 Å². The first-order valence-electron chi connectivity index (χ1n) is 5.33. The minimum atomic E-state index is -0.318. The van der Waals surface area contributed by atoms with Gasteiger partial charge in [-0.2, -0.15) is 0 Å². The van der Waals surface area contributed by atoms with Gasteiger partial charge in [0.2, 0.25) is 0 Å². The number of carbonyl (C=O) groups is 1. The molecule has 1 aromatic carbocycles. The number of aliphatic hydroxyl groups excluding tert-OH is 1. The highest BCUT2D eigenvalue weighted by molar-refractivity contribution is 5.99. The lowest BCUT2D eigenvalue weighted by molar-refractivity contribution is 0.101. The minimum absolute atomic E-state index is 0.0342. The Bertz CT molecular complexity index is 375. The molecule has 0 radical (unpaired) electrons. The van der Waals surface area contributed by atoms with E-state index in [0.717, 1.165) is 5.69 Å². The average Bonchev–Trinajstić information content (AvgIpc) is 2.16. The highest BCUT2D eigenvalue weighted by Crippen LogP contribution is 2.18. The van der Waals surface area contributed by atoms with E-state index in [0.29, 0.717) is 24.2 Å². The van der Waals surface area contributed by atoms with E-state index < -0.39 is 0 Å². The maximum atomic E-state index is 11.1. The summed E-state index contributed by atoms with van der Waals surface area (Å²) in [5.74, 6) is -0.0342. The van der Waals surface area contributed by atoms with E-state index >= 15 is 0 Å². The van der Waals surface area contributed by atoms with E-state index in [2.05, 4.69) is 5.32 Å². The number of aliphatic hydroxyl groups is 1. The standard InChI is InChI=1S/C12H18N2O2/c1-8(15)5-6-14-10-3-4-11(9(2)16)12(13)7-10/h3-4,7-8,14-15H,5-6,13H2,1-2H3. The van der Waals surface area contributed by atoms with Crippen molar-refractivity contribution in [3.05, 3.63) is 23.8 Å². The van der Waals surface area contributed by atoms with Gasteiger partial charge >= 0.3 is 0 Å². The van der Waals surface area contributed by atoms with E-state index in [-0.39, 0.29) is 11.9 Å². The molecule has 0 saturated carbocycles. The molecule has 0 saturated heterocycles. The van der Waals surface area contributed by atoms with Crippen molar-refractivity contribution in [3.8, 4) is 0 Å². The number of Topliss-reactive ketones (excluding diaryl/α,β-unsaturated/α-hetero) is 1. The van der Waals surface area contributed by atoms with Gasteiger partial charge in [0.1, 0.15) is 0 Å². The van der Waals surface area contributed by atoms with Gasteiger partial charge in [-0.05, 0) is 38.5 Å². The molecule has 0 aliphatic heterocycles. The third kappa shape index (κ3) is 3.55. The molecule has 4 nitrogen and oxygen atoms in total. The van der Waals surface area contributed by atoms with Crippen molar-refractivity contribution in [3.63, 3.8) is 0 Å². The van der Waals surface area contributed by atoms with Gasteiger partial charge in [-0.15, -0.1) is 0 Å². The number of nitrogens with two attached hydrogens (primary N) is 1. The molecule has 0 fully saturated rings. The van der Waals surface area contributed by atoms with Gasteiger partial charge in [-0.25, -0.2) is 0 Å². The van der Waals surface area contributed by atoms with E-state index in [1.807, 2.05) is 6.07 Å². The third-order valence-electron chi connectivity index (χ3n) is 2.32. The van der Waals surface area contributed by atoms with Gasteiger partial charge in [-0.3, -0.25) is 4.79 Å². The van der Waals surface area contributed by atoms with Gasteiger partial charge in [0.05, 0.1) is 6.10 Å². The quantitative estimate of drug-likeness (QED) is 0.523. The monoisotopic (exact) mass is 222 g/mol. The Kier molecular flexibility index (Phi) is 4.31. The Labute approximate surface area is 95.5 Å². The van der Waals surface area contributed by atoms with Crippen LogP contribution in [0.4, 0.5) is 11.4 Å². The smallest absolute Gasteiger partial charge is 0.161 e. The number of carbonyl (C=O) groups excluding carboxylic acids is 1. The maximum absolute atomic E-state index is 11.1. The van der Waals surface area contributed by atoms with Gasteiger partial charge in [0.15, 0.2) is 5.78 Å². The number of anilines is 2. The number of nitrogen functional groups attached to an aromatic ring is 1. The second-order valence-corrected chi connectivity index (χ2v) is 3.92. The first-order chi connectivity index (χ1) is 7.50. The molecule has 4 heteroatoms. The van der Waals surface area contributed by atoms with E-state index in [4.69, 9.17) is 10.8 Å². The highest BCUT2D eigenvalue weighted by Gasteiger charge is 2.05. The molecular weight excluding hydrogens is 204 g/mol. The molecule has 0 aromatic heterocycles. The van der Waals surface area contributed by atoms with E-state index in [1.54, 1.807) is 19.1 Å². The van der Waals surface area contributed by atoms with Crippen LogP contribution in [0, 0.1) is 0 Å². The molecular formula is C12H18N2O2. The van der Waals surface area contributed by atoms with Gasteiger partial charge in [0.25, 0.3) is 0 Å². The van der Waals surface area contributed by atoms with Gasteiger partial charge < -0.3 is 16.2 Å². The van der Waals surface area contributed by atoms with Crippen molar-refractivity contribution < 1.29 is 9.90 Å². The largest absolute Gasteiger partial charge is 0.398 e. The summed E-state index contributed by atoms with van der Waals surface area (Å²) in [6.07, 6.45) is 0.357. The van der Waals surface area contributed by atoms with Crippen molar-refractivity contribution in [1.29, 1.82) is 0 Å². The summed E-state index contributed by atoms with van der Waals surface area (Å²) in [5, 5.41) is 12.2. The first kappa shape index (κ1) is 12.5. The number of rotatable bonds is 5. The van der Waals surface area contributed by atoms with Crippen molar-refractivity contribution >= 4 is 17.2 Å². The van der Waals surface area contributed by atoms with E-state index in [9.17, 15) is 4.79 Å². The lowest BCUT2D eigenvalue weighted by atomic mass is 10.1. The highest BCUT2D eigenvalue weighted by atomic mass is 16.3. The molecule has 1 atom stereocenters. The summed E-state index contributed by atoms with van der Waals surface area (Å²) >= 11 is 0. The molecule has 0 bridgehead atoms. The number of nitrogens with one attached hydrogen (secondary N) is 1. The molecule has 16 heavy (non-hydrogen) atoms. The lowest BCUT2D eigenvalue weighted by Crippen LogP contribution is -2.10. The topological polar surface area (TPSA) is 75.3 Å². The molecule has 0 amide bonds. The van der Waals surface area contributed by atoms with Crippen LogP contribution in [-0.4, -0.2) is 23.5 Å². The van der Waals surface area contributed by atoms with Crippen LogP contribution in [0.15, 0.2) is 18.2 Å². The molecule has 4 N–H and O–H groups in total. The zero-order chi connectivity index (χ0) is 12.1. The van der Waals surface area contributed by atoms with Crippen LogP contribution in [0.1, 0.15) is 30.6 Å². The Hall–Kier alpha value is -1.55. The summed E-state index contributed by atoms with van der Waals surface area (Å²) in [6.45, 7) is 3.91. The minimum Gasteiger partial charge on any atom is -0.398 e. The van der Waals surface area contributed by atoms with Crippen LogP contribution in [0.25, 0.3) is 0 Å². The van der Waals surface area contributed by atoms with Crippen LogP contribution in [-0.2, 0) is 0 Å². The molecule has 0 heterocycles. The van der Waals surface area contributed by atoms with Crippen molar-refractivity contribution in [2.24, 2.45) is 0 Å². The SMILES string of the molecule is CC(=O)c1ccc(NCCC(C)O)cc1N. The van der Waals surface area contributed by atoms with Crippen LogP contribution in [0.3, 0.4) is 0 Å². The Morgan fingerprint density at radius 3 is 2.75 bits per heavy atom. The average molecular weight is 222 g/mol.